The molecule has 124 valence electrons. The number of anilines is 1. The van der Waals surface area contributed by atoms with Gasteiger partial charge in [-0.25, -0.2) is 0 Å². The zero-order valence-corrected chi connectivity index (χ0v) is 14.9. The van der Waals surface area contributed by atoms with Crippen LogP contribution >= 0.6 is 15.9 Å². The van der Waals surface area contributed by atoms with Gasteiger partial charge in [-0.2, -0.15) is 0 Å². The Kier molecular flexibility index (Phi) is 5.65. The number of carbonyl (C=O) groups is 1. The van der Waals surface area contributed by atoms with E-state index in [1.807, 2.05) is 78.9 Å². The normalized spacial score (nSPS) is 10.6. The Morgan fingerprint density at radius 2 is 1.48 bits per heavy atom. The molecule has 0 fully saturated rings. The molecule has 1 N–H and O–H groups in total. The monoisotopic (exact) mass is 393 g/mol. The van der Waals surface area contributed by atoms with Gasteiger partial charge < -0.3 is 10.1 Å². The fourth-order valence-corrected chi connectivity index (χ4v) is 2.42. The summed E-state index contributed by atoms with van der Waals surface area (Å²) in [6.07, 6.45) is 3.28. The molecule has 0 saturated heterocycles. The number of ether oxygens (including phenoxy) is 1. The van der Waals surface area contributed by atoms with E-state index in [9.17, 15) is 4.79 Å². The molecule has 25 heavy (non-hydrogen) atoms. The van der Waals surface area contributed by atoms with Gasteiger partial charge in [-0.15, -0.1) is 0 Å². The van der Waals surface area contributed by atoms with E-state index < -0.39 is 0 Å². The van der Waals surface area contributed by atoms with E-state index in [1.54, 1.807) is 6.08 Å². The van der Waals surface area contributed by atoms with Gasteiger partial charge in [-0.3, -0.25) is 4.79 Å². The molecule has 3 nitrogen and oxygen atoms in total. The minimum atomic E-state index is -0.181. The standard InChI is InChI=1S/C21H16BrNO2/c22-17-9-6-16(7-10-17)8-15-21(24)23-18-11-13-20(14-12-18)25-19-4-2-1-3-5-19/h1-15H,(H,23,24). The number of nitrogens with one attached hydrogen (secondary N) is 1. The third-order valence-corrected chi connectivity index (χ3v) is 3.93. The van der Waals surface area contributed by atoms with E-state index in [2.05, 4.69) is 21.2 Å². The molecule has 0 aliphatic rings. The van der Waals surface area contributed by atoms with Crippen molar-refractivity contribution in [3.63, 3.8) is 0 Å². The lowest BCUT2D eigenvalue weighted by molar-refractivity contribution is -0.111. The molecular weight excluding hydrogens is 378 g/mol. The number of hydrogen-bond acceptors (Lipinski definition) is 2. The molecule has 3 rings (SSSR count). The molecule has 3 aromatic rings. The molecule has 0 atom stereocenters. The maximum absolute atomic E-state index is 12.0. The van der Waals surface area contributed by atoms with Crippen molar-refractivity contribution in [2.75, 3.05) is 5.32 Å². The second-order valence-electron chi connectivity index (χ2n) is 5.31. The number of rotatable bonds is 5. The zero-order valence-electron chi connectivity index (χ0n) is 13.4. The highest BCUT2D eigenvalue weighted by atomic mass is 79.9. The third kappa shape index (κ3) is 5.33. The number of hydrogen-bond donors (Lipinski definition) is 1. The summed E-state index contributed by atoms with van der Waals surface area (Å²) < 4.78 is 6.73. The summed E-state index contributed by atoms with van der Waals surface area (Å²) in [5.41, 5.74) is 1.68. The fraction of sp³-hybridized carbons (Fsp3) is 0. The molecule has 0 radical (unpaired) electrons. The number of benzene rings is 3. The van der Waals surface area contributed by atoms with E-state index in [1.165, 1.54) is 6.08 Å². The van der Waals surface area contributed by atoms with Crippen LogP contribution in [0, 0.1) is 0 Å². The maximum atomic E-state index is 12.0. The van der Waals surface area contributed by atoms with Gasteiger partial charge in [-0.05, 0) is 60.2 Å². The predicted octanol–water partition coefficient (Wildman–Crippen LogP) is 5.89. The van der Waals surface area contributed by atoms with Crippen molar-refractivity contribution >= 4 is 33.6 Å². The third-order valence-electron chi connectivity index (χ3n) is 3.40. The lowest BCUT2D eigenvalue weighted by Crippen LogP contribution is -2.07. The summed E-state index contributed by atoms with van der Waals surface area (Å²) in [4.78, 5) is 12.0. The van der Waals surface area contributed by atoms with Crippen LogP contribution in [0.2, 0.25) is 0 Å². The second-order valence-corrected chi connectivity index (χ2v) is 6.23. The number of para-hydroxylation sites is 1. The van der Waals surface area contributed by atoms with E-state index in [-0.39, 0.29) is 5.91 Å². The molecule has 0 spiro atoms. The van der Waals surface area contributed by atoms with Gasteiger partial charge in [0.25, 0.3) is 0 Å². The number of halogens is 1. The molecule has 1 amide bonds. The molecular formula is C21H16BrNO2. The minimum Gasteiger partial charge on any atom is -0.457 e. The van der Waals surface area contributed by atoms with E-state index in [0.29, 0.717) is 5.69 Å². The van der Waals surface area contributed by atoms with Crippen LogP contribution in [0.4, 0.5) is 5.69 Å². The first-order valence-corrected chi connectivity index (χ1v) is 8.56. The molecule has 0 aromatic heterocycles. The first-order valence-electron chi connectivity index (χ1n) is 7.77. The molecule has 0 unspecified atom stereocenters. The highest BCUT2D eigenvalue weighted by Gasteiger charge is 2.00. The van der Waals surface area contributed by atoms with Crippen LogP contribution in [0.15, 0.2) is 89.4 Å². The van der Waals surface area contributed by atoms with Crippen molar-refractivity contribution in [2.24, 2.45) is 0 Å². The smallest absolute Gasteiger partial charge is 0.248 e. The van der Waals surface area contributed by atoms with Gasteiger partial charge in [-0.1, -0.05) is 46.3 Å². The molecule has 0 saturated carbocycles. The fourth-order valence-electron chi connectivity index (χ4n) is 2.16. The first-order chi connectivity index (χ1) is 12.2. The van der Waals surface area contributed by atoms with Crippen LogP contribution in [0.1, 0.15) is 5.56 Å². The summed E-state index contributed by atoms with van der Waals surface area (Å²) in [7, 11) is 0. The summed E-state index contributed by atoms with van der Waals surface area (Å²) in [6.45, 7) is 0. The van der Waals surface area contributed by atoms with E-state index >= 15 is 0 Å². The quantitative estimate of drug-likeness (QED) is 0.548. The topological polar surface area (TPSA) is 38.3 Å². The summed E-state index contributed by atoms with van der Waals surface area (Å²) in [5, 5.41) is 2.82. The predicted molar refractivity (Wildman–Crippen MR) is 105 cm³/mol. The molecule has 0 bridgehead atoms. The molecule has 0 aliphatic carbocycles. The molecule has 4 heteroatoms. The van der Waals surface area contributed by atoms with Gasteiger partial charge in [0.1, 0.15) is 11.5 Å². The van der Waals surface area contributed by atoms with Gasteiger partial charge in [0.05, 0.1) is 0 Å². The highest BCUT2D eigenvalue weighted by Crippen LogP contribution is 2.22. The maximum Gasteiger partial charge on any atom is 0.248 e. The Hall–Kier alpha value is -2.85. The highest BCUT2D eigenvalue weighted by molar-refractivity contribution is 9.10. The van der Waals surface area contributed by atoms with Crippen LogP contribution in [-0.4, -0.2) is 5.91 Å². The van der Waals surface area contributed by atoms with Gasteiger partial charge in [0, 0.05) is 16.2 Å². The van der Waals surface area contributed by atoms with Crippen molar-refractivity contribution in [3.8, 4) is 11.5 Å². The minimum absolute atomic E-state index is 0.181. The molecule has 3 aromatic carbocycles. The summed E-state index contributed by atoms with van der Waals surface area (Å²) in [6, 6.07) is 24.6. The van der Waals surface area contributed by atoms with Crippen LogP contribution in [0.5, 0.6) is 11.5 Å². The zero-order chi connectivity index (χ0) is 17.5. The van der Waals surface area contributed by atoms with Gasteiger partial charge in [0.15, 0.2) is 0 Å². The van der Waals surface area contributed by atoms with Crippen molar-refractivity contribution in [2.45, 2.75) is 0 Å². The van der Waals surface area contributed by atoms with Crippen molar-refractivity contribution < 1.29 is 9.53 Å². The Labute approximate surface area is 155 Å². The second kappa shape index (κ2) is 8.31. The number of amides is 1. The average Bonchev–Trinajstić information content (AvgIpc) is 2.64. The SMILES string of the molecule is O=C(C=Cc1ccc(Br)cc1)Nc1ccc(Oc2ccccc2)cc1. The Morgan fingerprint density at radius 1 is 0.840 bits per heavy atom. The molecule has 0 heterocycles. The Balaban J connectivity index is 1.57. The van der Waals surface area contributed by atoms with Crippen LogP contribution in [0.25, 0.3) is 6.08 Å². The lowest BCUT2D eigenvalue weighted by atomic mass is 10.2. The Morgan fingerprint density at radius 3 is 2.16 bits per heavy atom. The van der Waals surface area contributed by atoms with Crippen molar-refractivity contribution in [3.05, 3.63) is 95.0 Å². The van der Waals surface area contributed by atoms with Crippen LogP contribution in [-0.2, 0) is 4.79 Å². The van der Waals surface area contributed by atoms with Gasteiger partial charge >= 0.3 is 0 Å². The largest absolute Gasteiger partial charge is 0.457 e. The number of carbonyl (C=O) groups excluding carboxylic acids is 1. The van der Waals surface area contributed by atoms with Crippen LogP contribution < -0.4 is 10.1 Å². The van der Waals surface area contributed by atoms with Crippen molar-refractivity contribution in [1.29, 1.82) is 0 Å². The molecule has 0 aliphatic heterocycles. The lowest BCUT2D eigenvalue weighted by Gasteiger charge is -2.07. The average molecular weight is 394 g/mol. The summed E-state index contributed by atoms with van der Waals surface area (Å²) >= 11 is 3.38. The van der Waals surface area contributed by atoms with Crippen LogP contribution in [0.3, 0.4) is 0 Å². The van der Waals surface area contributed by atoms with Gasteiger partial charge in [0.2, 0.25) is 5.91 Å². The summed E-state index contributed by atoms with van der Waals surface area (Å²) in [5.74, 6) is 1.31. The Bertz CT molecular complexity index is 857. The first kappa shape index (κ1) is 17.0. The van der Waals surface area contributed by atoms with E-state index in [0.717, 1.165) is 21.5 Å². The van der Waals surface area contributed by atoms with Crippen molar-refractivity contribution in [1.82, 2.24) is 0 Å². The van der Waals surface area contributed by atoms with E-state index in [4.69, 9.17) is 4.74 Å².